The van der Waals surface area contributed by atoms with E-state index in [-0.39, 0.29) is 0 Å². The zero-order valence-electron chi connectivity index (χ0n) is 13.6. The number of hydrogen-bond acceptors (Lipinski definition) is 5. The molecule has 1 saturated heterocycles. The lowest BCUT2D eigenvalue weighted by molar-refractivity contribution is 0.521. The van der Waals surface area contributed by atoms with Gasteiger partial charge in [0, 0.05) is 36.9 Å². The Labute approximate surface area is 137 Å². The fourth-order valence-electron chi connectivity index (χ4n) is 3.16. The summed E-state index contributed by atoms with van der Waals surface area (Å²) < 4.78 is 0. The molecule has 2 aromatic heterocycles. The predicted octanol–water partition coefficient (Wildman–Crippen LogP) is 3.14. The first-order valence-electron chi connectivity index (χ1n) is 8.56. The van der Waals surface area contributed by atoms with Gasteiger partial charge in [0.2, 0.25) is 0 Å². The standard InChI is InChI=1S/C18H23N5/c1-13-3-2-4-16(20-13)21-15-8-11-23(12-9-15)17-7-10-19-18(22-17)14-5-6-14/h2-4,7,10,14-15H,5-6,8-9,11-12H2,1H3,(H,20,21). The lowest BCUT2D eigenvalue weighted by atomic mass is 10.1. The highest BCUT2D eigenvalue weighted by Crippen LogP contribution is 2.38. The number of nitrogens with zero attached hydrogens (tertiary/aromatic N) is 4. The molecule has 1 aliphatic carbocycles. The summed E-state index contributed by atoms with van der Waals surface area (Å²) >= 11 is 0. The first kappa shape index (κ1) is 14.4. The third-order valence-corrected chi connectivity index (χ3v) is 4.66. The molecule has 1 saturated carbocycles. The summed E-state index contributed by atoms with van der Waals surface area (Å²) in [7, 11) is 0. The lowest BCUT2D eigenvalue weighted by Gasteiger charge is -2.33. The molecule has 0 radical (unpaired) electrons. The maximum Gasteiger partial charge on any atom is 0.133 e. The lowest BCUT2D eigenvalue weighted by Crippen LogP contribution is -2.39. The van der Waals surface area contributed by atoms with Crippen LogP contribution in [0.15, 0.2) is 30.5 Å². The van der Waals surface area contributed by atoms with Gasteiger partial charge in [-0.05, 0) is 50.8 Å². The molecule has 2 fully saturated rings. The van der Waals surface area contributed by atoms with E-state index in [9.17, 15) is 0 Å². The summed E-state index contributed by atoms with van der Waals surface area (Å²) in [6.45, 7) is 4.09. The number of aryl methyl sites for hydroxylation is 1. The zero-order valence-corrected chi connectivity index (χ0v) is 13.6. The number of anilines is 2. The van der Waals surface area contributed by atoms with Gasteiger partial charge in [0.1, 0.15) is 17.5 Å². The molecule has 2 aliphatic rings. The van der Waals surface area contributed by atoms with E-state index in [2.05, 4.69) is 26.3 Å². The van der Waals surface area contributed by atoms with Gasteiger partial charge in [-0.2, -0.15) is 0 Å². The highest BCUT2D eigenvalue weighted by atomic mass is 15.2. The summed E-state index contributed by atoms with van der Waals surface area (Å²) in [6, 6.07) is 8.67. The highest BCUT2D eigenvalue weighted by Gasteiger charge is 2.27. The molecular formula is C18H23N5. The van der Waals surface area contributed by atoms with Crippen molar-refractivity contribution in [2.45, 2.75) is 44.6 Å². The normalized spacial score (nSPS) is 18.9. The van der Waals surface area contributed by atoms with Gasteiger partial charge in [-0.1, -0.05) is 6.07 Å². The molecule has 0 spiro atoms. The van der Waals surface area contributed by atoms with Crippen molar-refractivity contribution in [3.63, 3.8) is 0 Å². The van der Waals surface area contributed by atoms with Gasteiger partial charge in [-0.15, -0.1) is 0 Å². The average Bonchev–Trinajstić information content (AvgIpc) is 3.41. The minimum absolute atomic E-state index is 0.491. The van der Waals surface area contributed by atoms with Crippen molar-refractivity contribution in [1.82, 2.24) is 15.0 Å². The number of pyridine rings is 1. The van der Waals surface area contributed by atoms with Crippen molar-refractivity contribution >= 4 is 11.6 Å². The molecule has 0 bridgehead atoms. The van der Waals surface area contributed by atoms with Crippen LogP contribution < -0.4 is 10.2 Å². The molecular weight excluding hydrogens is 286 g/mol. The van der Waals surface area contributed by atoms with Crippen LogP contribution in [0, 0.1) is 6.92 Å². The van der Waals surface area contributed by atoms with E-state index in [1.54, 1.807) is 0 Å². The SMILES string of the molecule is Cc1cccc(NC2CCN(c3ccnc(C4CC4)n3)CC2)n1. The molecule has 3 heterocycles. The van der Waals surface area contributed by atoms with Gasteiger partial charge in [-0.25, -0.2) is 15.0 Å². The summed E-state index contributed by atoms with van der Waals surface area (Å²) in [6.07, 6.45) is 6.63. The first-order chi connectivity index (χ1) is 11.3. The van der Waals surface area contributed by atoms with Crippen molar-refractivity contribution in [1.29, 1.82) is 0 Å². The summed E-state index contributed by atoms with van der Waals surface area (Å²) in [5.74, 6) is 3.73. The maximum absolute atomic E-state index is 4.76. The Morgan fingerprint density at radius 3 is 2.61 bits per heavy atom. The second-order valence-electron chi connectivity index (χ2n) is 6.62. The van der Waals surface area contributed by atoms with Crippen LogP contribution in [0.25, 0.3) is 0 Å². The molecule has 1 N–H and O–H groups in total. The second-order valence-corrected chi connectivity index (χ2v) is 6.62. The number of rotatable bonds is 4. The topological polar surface area (TPSA) is 53.9 Å². The molecule has 0 aromatic carbocycles. The van der Waals surface area contributed by atoms with Crippen molar-refractivity contribution < 1.29 is 0 Å². The number of hydrogen-bond donors (Lipinski definition) is 1. The third-order valence-electron chi connectivity index (χ3n) is 4.66. The Bertz CT molecular complexity index is 675. The van der Waals surface area contributed by atoms with Crippen molar-refractivity contribution in [2.75, 3.05) is 23.3 Å². The van der Waals surface area contributed by atoms with Crippen LogP contribution in [0.2, 0.25) is 0 Å². The van der Waals surface area contributed by atoms with Crippen LogP contribution >= 0.6 is 0 Å². The monoisotopic (exact) mass is 309 g/mol. The van der Waals surface area contributed by atoms with E-state index >= 15 is 0 Å². The molecule has 5 heteroatoms. The Morgan fingerprint density at radius 2 is 1.87 bits per heavy atom. The van der Waals surface area contributed by atoms with Gasteiger partial charge >= 0.3 is 0 Å². The van der Waals surface area contributed by atoms with E-state index in [0.29, 0.717) is 12.0 Å². The van der Waals surface area contributed by atoms with Gasteiger partial charge in [0.15, 0.2) is 0 Å². The van der Waals surface area contributed by atoms with E-state index in [1.807, 2.05) is 31.3 Å². The molecule has 23 heavy (non-hydrogen) atoms. The summed E-state index contributed by atoms with van der Waals surface area (Å²) in [4.78, 5) is 16.1. The Morgan fingerprint density at radius 1 is 1.04 bits per heavy atom. The Balaban J connectivity index is 1.36. The fraction of sp³-hybridized carbons (Fsp3) is 0.500. The Kier molecular flexibility index (Phi) is 3.85. The predicted molar refractivity (Wildman–Crippen MR) is 91.8 cm³/mol. The average molecular weight is 309 g/mol. The second kappa shape index (κ2) is 6.14. The first-order valence-corrected chi connectivity index (χ1v) is 8.56. The van der Waals surface area contributed by atoms with Gasteiger partial charge in [0.05, 0.1) is 0 Å². The molecule has 0 unspecified atom stereocenters. The molecule has 120 valence electrons. The van der Waals surface area contributed by atoms with Crippen LogP contribution in [-0.2, 0) is 0 Å². The third kappa shape index (κ3) is 3.44. The Hall–Kier alpha value is -2.17. The zero-order chi connectivity index (χ0) is 15.6. The van der Waals surface area contributed by atoms with E-state index in [4.69, 9.17) is 4.98 Å². The van der Waals surface area contributed by atoms with Crippen LogP contribution in [0.5, 0.6) is 0 Å². The minimum Gasteiger partial charge on any atom is -0.367 e. The fourth-order valence-corrected chi connectivity index (χ4v) is 3.16. The highest BCUT2D eigenvalue weighted by molar-refractivity contribution is 5.41. The molecule has 2 aromatic rings. The number of nitrogens with one attached hydrogen (secondary N) is 1. The number of aromatic nitrogens is 3. The van der Waals surface area contributed by atoms with Gasteiger partial charge in [0.25, 0.3) is 0 Å². The van der Waals surface area contributed by atoms with Gasteiger partial charge < -0.3 is 10.2 Å². The van der Waals surface area contributed by atoms with Crippen LogP contribution in [0.4, 0.5) is 11.6 Å². The minimum atomic E-state index is 0.491. The quantitative estimate of drug-likeness (QED) is 0.940. The van der Waals surface area contributed by atoms with Crippen molar-refractivity contribution in [3.8, 4) is 0 Å². The molecule has 4 rings (SSSR count). The summed E-state index contributed by atoms with van der Waals surface area (Å²) in [5.41, 5.74) is 1.06. The molecule has 5 nitrogen and oxygen atoms in total. The smallest absolute Gasteiger partial charge is 0.133 e. The maximum atomic E-state index is 4.76. The largest absolute Gasteiger partial charge is 0.367 e. The molecule has 0 amide bonds. The van der Waals surface area contributed by atoms with Crippen molar-refractivity contribution in [3.05, 3.63) is 42.0 Å². The van der Waals surface area contributed by atoms with E-state index < -0.39 is 0 Å². The van der Waals surface area contributed by atoms with Crippen LogP contribution in [0.3, 0.4) is 0 Å². The van der Waals surface area contributed by atoms with Crippen LogP contribution in [0.1, 0.15) is 43.1 Å². The number of piperidine rings is 1. The molecule has 0 atom stereocenters. The van der Waals surface area contributed by atoms with Crippen LogP contribution in [-0.4, -0.2) is 34.1 Å². The summed E-state index contributed by atoms with van der Waals surface area (Å²) in [5, 5.41) is 3.56. The van der Waals surface area contributed by atoms with E-state index in [0.717, 1.165) is 49.1 Å². The van der Waals surface area contributed by atoms with Crippen molar-refractivity contribution in [2.24, 2.45) is 0 Å². The molecule has 1 aliphatic heterocycles. The van der Waals surface area contributed by atoms with E-state index in [1.165, 1.54) is 12.8 Å². The van der Waals surface area contributed by atoms with Gasteiger partial charge in [-0.3, -0.25) is 0 Å².